The minimum absolute atomic E-state index is 0.0552. The molecule has 1 aliphatic rings. The molecule has 0 spiro atoms. The van der Waals surface area contributed by atoms with Gasteiger partial charge in [-0.2, -0.15) is 0 Å². The first-order chi connectivity index (χ1) is 17.5. The van der Waals surface area contributed by atoms with Gasteiger partial charge in [-0.3, -0.25) is 0 Å². The number of carbonyl (C=O) groups is 1. The van der Waals surface area contributed by atoms with Crippen molar-refractivity contribution in [3.05, 3.63) is 45.3 Å². The summed E-state index contributed by atoms with van der Waals surface area (Å²) in [6.45, 7) is 15.1. The predicted molar refractivity (Wildman–Crippen MR) is 160 cm³/mol. The second kappa shape index (κ2) is 12.6. The van der Waals surface area contributed by atoms with Crippen molar-refractivity contribution in [2.45, 2.75) is 97.3 Å². The highest BCUT2D eigenvalue weighted by atomic mass is 32.1. The Morgan fingerprint density at radius 3 is 2.49 bits per heavy atom. The molecule has 1 aromatic carbocycles. The fourth-order valence-corrected chi connectivity index (χ4v) is 6.12. The number of hydrogen-bond acceptors (Lipinski definition) is 5. The van der Waals surface area contributed by atoms with Crippen LogP contribution < -0.4 is 15.4 Å². The number of ether oxygens (including phenoxy) is 2. The van der Waals surface area contributed by atoms with E-state index in [0.717, 1.165) is 67.8 Å². The molecule has 0 atom stereocenters. The highest BCUT2D eigenvalue weighted by Gasteiger charge is 2.28. The number of benzene rings is 1. The Labute approximate surface area is 232 Å². The molecule has 204 valence electrons. The van der Waals surface area contributed by atoms with E-state index in [1.165, 1.54) is 23.1 Å². The predicted octanol–water partition coefficient (Wildman–Crippen LogP) is 7.54. The number of aryl methyl sites for hydroxylation is 1. The monoisotopic (exact) mass is 544 g/mol. The number of nitrogens with one attached hydrogen (secondary N) is 2. The standard InChI is InChI=1S/C30H44N2O3S2/c1-8-29(3,4)20-15-16-23(22(19-20)30(5,6)9-2)35-18-11-10-17-31-28(36)32-26-25(27(33)34-7)21-13-12-14-24(21)37-26/h15-16,19H,8-14,17-18H2,1-7H3,(H2,31,32,36). The van der Waals surface area contributed by atoms with Crippen LogP contribution in [0.25, 0.3) is 0 Å². The van der Waals surface area contributed by atoms with Gasteiger partial charge >= 0.3 is 5.97 Å². The van der Waals surface area contributed by atoms with Crippen LogP contribution in [0.15, 0.2) is 18.2 Å². The number of fused-ring (bicyclic) bond motifs is 1. The first-order valence-electron chi connectivity index (χ1n) is 13.6. The number of thiocarbonyl (C=S) groups is 1. The molecular weight excluding hydrogens is 500 g/mol. The van der Waals surface area contributed by atoms with E-state index in [-0.39, 0.29) is 16.8 Å². The van der Waals surface area contributed by atoms with Crippen molar-refractivity contribution in [2.75, 3.05) is 25.6 Å². The first kappa shape index (κ1) is 29.4. The van der Waals surface area contributed by atoms with Gasteiger partial charge in [0.1, 0.15) is 10.8 Å². The molecule has 0 bridgehead atoms. The Balaban J connectivity index is 1.51. The number of rotatable bonds is 12. The fourth-order valence-electron chi connectivity index (χ4n) is 4.57. The van der Waals surface area contributed by atoms with Gasteiger partial charge in [0.25, 0.3) is 0 Å². The Kier molecular flexibility index (Phi) is 10.0. The lowest BCUT2D eigenvalue weighted by atomic mass is 9.76. The van der Waals surface area contributed by atoms with Crippen molar-refractivity contribution in [3.63, 3.8) is 0 Å². The maximum Gasteiger partial charge on any atom is 0.341 e. The van der Waals surface area contributed by atoms with Crippen LogP contribution in [0.5, 0.6) is 5.75 Å². The summed E-state index contributed by atoms with van der Waals surface area (Å²) in [5.41, 5.74) is 4.64. The summed E-state index contributed by atoms with van der Waals surface area (Å²) in [5, 5.41) is 7.83. The molecule has 0 unspecified atom stereocenters. The highest BCUT2D eigenvalue weighted by molar-refractivity contribution is 7.80. The van der Waals surface area contributed by atoms with Gasteiger partial charge in [-0.15, -0.1) is 11.3 Å². The largest absolute Gasteiger partial charge is 0.493 e. The lowest BCUT2D eigenvalue weighted by Crippen LogP contribution is -2.29. The van der Waals surface area contributed by atoms with Crippen molar-refractivity contribution in [1.82, 2.24) is 5.32 Å². The fraction of sp³-hybridized carbons (Fsp3) is 0.600. The Bertz CT molecular complexity index is 1100. The molecule has 0 aliphatic heterocycles. The van der Waals surface area contributed by atoms with Crippen molar-refractivity contribution < 1.29 is 14.3 Å². The molecule has 0 fully saturated rings. The van der Waals surface area contributed by atoms with Gasteiger partial charge in [0, 0.05) is 17.0 Å². The van der Waals surface area contributed by atoms with E-state index in [1.807, 2.05) is 0 Å². The smallest absolute Gasteiger partial charge is 0.341 e. The highest BCUT2D eigenvalue weighted by Crippen LogP contribution is 2.40. The van der Waals surface area contributed by atoms with Crippen molar-refractivity contribution in [3.8, 4) is 5.75 Å². The zero-order chi connectivity index (χ0) is 27.2. The molecule has 1 aromatic heterocycles. The van der Waals surface area contributed by atoms with E-state index in [2.05, 4.69) is 70.4 Å². The van der Waals surface area contributed by atoms with Gasteiger partial charge in [0.15, 0.2) is 5.11 Å². The minimum atomic E-state index is -0.293. The lowest BCUT2D eigenvalue weighted by molar-refractivity contribution is 0.0601. The van der Waals surface area contributed by atoms with E-state index in [9.17, 15) is 4.79 Å². The van der Waals surface area contributed by atoms with Crippen LogP contribution in [0.1, 0.15) is 106 Å². The summed E-state index contributed by atoms with van der Waals surface area (Å²) >= 11 is 7.12. The van der Waals surface area contributed by atoms with E-state index in [0.29, 0.717) is 17.3 Å². The van der Waals surface area contributed by atoms with Gasteiger partial charge in [-0.1, -0.05) is 53.7 Å². The van der Waals surface area contributed by atoms with Crippen molar-refractivity contribution in [1.29, 1.82) is 0 Å². The number of esters is 1. The first-order valence-corrected chi connectivity index (χ1v) is 14.8. The average Bonchev–Trinajstić information content (AvgIpc) is 3.46. The molecule has 2 N–H and O–H groups in total. The van der Waals surface area contributed by atoms with E-state index in [1.54, 1.807) is 11.3 Å². The molecule has 1 heterocycles. The van der Waals surface area contributed by atoms with Crippen LogP contribution >= 0.6 is 23.6 Å². The van der Waals surface area contributed by atoms with Crippen LogP contribution in [-0.4, -0.2) is 31.3 Å². The number of unbranched alkanes of at least 4 members (excludes halogenated alkanes) is 1. The zero-order valence-electron chi connectivity index (χ0n) is 23.6. The van der Waals surface area contributed by atoms with Crippen LogP contribution in [0.3, 0.4) is 0 Å². The Morgan fingerprint density at radius 1 is 1.08 bits per heavy atom. The third-order valence-corrected chi connectivity index (χ3v) is 9.36. The SMILES string of the molecule is CCC(C)(C)c1ccc(OCCCCNC(=S)Nc2sc3c(c2C(=O)OC)CCC3)c(C(C)(C)CC)c1. The molecule has 3 rings (SSSR count). The van der Waals surface area contributed by atoms with Crippen LogP contribution in [0.2, 0.25) is 0 Å². The van der Waals surface area contributed by atoms with E-state index < -0.39 is 0 Å². The zero-order valence-corrected chi connectivity index (χ0v) is 25.3. The summed E-state index contributed by atoms with van der Waals surface area (Å²) in [7, 11) is 1.43. The maximum absolute atomic E-state index is 12.3. The summed E-state index contributed by atoms with van der Waals surface area (Å²) < 4.78 is 11.3. The molecule has 37 heavy (non-hydrogen) atoms. The third-order valence-electron chi connectivity index (χ3n) is 7.91. The van der Waals surface area contributed by atoms with E-state index in [4.69, 9.17) is 21.7 Å². The number of anilines is 1. The van der Waals surface area contributed by atoms with Crippen LogP contribution in [-0.2, 0) is 28.4 Å². The second-order valence-electron chi connectivity index (χ2n) is 11.2. The van der Waals surface area contributed by atoms with Crippen molar-refractivity contribution >= 4 is 39.6 Å². The van der Waals surface area contributed by atoms with Crippen LogP contribution in [0, 0.1) is 0 Å². The number of thiophene rings is 1. The van der Waals surface area contributed by atoms with Gasteiger partial charge in [-0.05, 0) is 85.2 Å². The second-order valence-corrected chi connectivity index (χ2v) is 12.7. The molecular formula is C30H44N2O3S2. The topological polar surface area (TPSA) is 59.6 Å². The maximum atomic E-state index is 12.3. The third kappa shape index (κ3) is 7.05. The summed E-state index contributed by atoms with van der Waals surface area (Å²) in [6, 6.07) is 6.74. The molecule has 0 saturated heterocycles. The van der Waals surface area contributed by atoms with Gasteiger partial charge < -0.3 is 20.1 Å². The van der Waals surface area contributed by atoms with Crippen LogP contribution in [0.4, 0.5) is 5.00 Å². The molecule has 0 saturated carbocycles. The molecule has 7 heteroatoms. The Hall–Kier alpha value is -2.12. The van der Waals surface area contributed by atoms with Gasteiger partial charge in [-0.25, -0.2) is 4.79 Å². The molecule has 0 amide bonds. The quantitative estimate of drug-likeness (QED) is 0.163. The number of carbonyl (C=O) groups excluding carboxylic acids is 1. The Morgan fingerprint density at radius 2 is 1.81 bits per heavy atom. The van der Waals surface area contributed by atoms with Crippen molar-refractivity contribution in [2.24, 2.45) is 0 Å². The number of methoxy groups -OCH3 is 1. The normalized spacial score (nSPS) is 13.3. The molecule has 0 radical (unpaired) electrons. The summed E-state index contributed by atoms with van der Waals surface area (Å²) in [6.07, 6.45) is 7.04. The summed E-state index contributed by atoms with van der Waals surface area (Å²) in [4.78, 5) is 13.6. The number of hydrogen-bond donors (Lipinski definition) is 2. The molecule has 1 aliphatic carbocycles. The van der Waals surface area contributed by atoms with E-state index >= 15 is 0 Å². The minimum Gasteiger partial charge on any atom is -0.493 e. The molecule has 2 aromatic rings. The summed E-state index contributed by atoms with van der Waals surface area (Å²) in [5.74, 6) is 0.701. The average molecular weight is 545 g/mol. The van der Waals surface area contributed by atoms with Gasteiger partial charge in [0.2, 0.25) is 0 Å². The van der Waals surface area contributed by atoms with Gasteiger partial charge in [0.05, 0.1) is 19.3 Å². The molecule has 5 nitrogen and oxygen atoms in total. The lowest BCUT2D eigenvalue weighted by Gasteiger charge is -2.30.